The normalized spacial score (nSPS) is 12.1. The SMILES string of the molecule is CCC(CO)(CO)NCc1cc(Br)c(C)s1. The maximum atomic E-state index is 9.29. The van der Waals surface area contributed by atoms with Crippen LogP contribution in [0.4, 0.5) is 0 Å². The first-order valence-electron chi connectivity index (χ1n) is 5.28. The van der Waals surface area contributed by atoms with E-state index >= 15 is 0 Å². The van der Waals surface area contributed by atoms with Gasteiger partial charge in [-0.15, -0.1) is 11.3 Å². The van der Waals surface area contributed by atoms with Crippen molar-refractivity contribution in [3.05, 3.63) is 20.3 Å². The average Bonchev–Trinajstić information content (AvgIpc) is 2.61. The maximum Gasteiger partial charge on any atom is 0.0648 e. The highest BCUT2D eigenvalue weighted by Gasteiger charge is 2.25. The molecule has 0 spiro atoms. The van der Waals surface area contributed by atoms with Crippen LogP contribution in [-0.2, 0) is 6.54 Å². The molecule has 1 aromatic rings. The van der Waals surface area contributed by atoms with Crippen LogP contribution in [0.3, 0.4) is 0 Å². The lowest BCUT2D eigenvalue weighted by Crippen LogP contribution is -2.50. The van der Waals surface area contributed by atoms with E-state index in [1.165, 1.54) is 9.75 Å². The van der Waals surface area contributed by atoms with Crippen molar-refractivity contribution in [2.75, 3.05) is 13.2 Å². The zero-order valence-electron chi connectivity index (χ0n) is 9.59. The summed E-state index contributed by atoms with van der Waals surface area (Å²) in [5.74, 6) is 0. The molecule has 0 unspecified atom stereocenters. The highest BCUT2D eigenvalue weighted by atomic mass is 79.9. The molecule has 3 N–H and O–H groups in total. The van der Waals surface area contributed by atoms with Gasteiger partial charge in [0.25, 0.3) is 0 Å². The lowest BCUT2D eigenvalue weighted by Gasteiger charge is -2.29. The van der Waals surface area contributed by atoms with Gasteiger partial charge in [0, 0.05) is 20.8 Å². The summed E-state index contributed by atoms with van der Waals surface area (Å²) < 4.78 is 1.12. The molecule has 1 heterocycles. The first kappa shape index (κ1) is 14.1. The lowest BCUT2D eigenvalue weighted by atomic mass is 9.98. The Balaban J connectivity index is 2.62. The summed E-state index contributed by atoms with van der Waals surface area (Å²) in [4.78, 5) is 2.44. The van der Waals surface area contributed by atoms with Crippen LogP contribution in [0.1, 0.15) is 23.1 Å². The van der Waals surface area contributed by atoms with Crippen LogP contribution in [-0.4, -0.2) is 29.0 Å². The van der Waals surface area contributed by atoms with Crippen molar-refractivity contribution in [1.82, 2.24) is 5.32 Å². The third kappa shape index (κ3) is 3.28. The summed E-state index contributed by atoms with van der Waals surface area (Å²) >= 11 is 5.19. The number of thiophene rings is 1. The average molecular weight is 308 g/mol. The van der Waals surface area contributed by atoms with Gasteiger partial charge in [0.15, 0.2) is 0 Å². The van der Waals surface area contributed by atoms with E-state index in [1.807, 2.05) is 6.92 Å². The van der Waals surface area contributed by atoms with Gasteiger partial charge in [0.2, 0.25) is 0 Å². The van der Waals surface area contributed by atoms with Crippen molar-refractivity contribution in [1.29, 1.82) is 0 Å². The van der Waals surface area contributed by atoms with E-state index in [-0.39, 0.29) is 13.2 Å². The molecule has 0 saturated heterocycles. The minimum absolute atomic E-state index is 0.0501. The van der Waals surface area contributed by atoms with Crippen molar-refractivity contribution in [2.45, 2.75) is 32.4 Å². The quantitative estimate of drug-likeness (QED) is 0.754. The number of rotatable bonds is 6. The zero-order valence-corrected chi connectivity index (χ0v) is 12.0. The molecule has 5 heteroatoms. The molecule has 0 radical (unpaired) electrons. The molecule has 0 atom stereocenters. The van der Waals surface area contributed by atoms with Gasteiger partial charge in [0.1, 0.15) is 0 Å². The number of halogens is 1. The summed E-state index contributed by atoms with van der Waals surface area (Å²) in [5.41, 5.74) is -0.565. The molecule has 16 heavy (non-hydrogen) atoms. The van der Waals surface area contributed by atoms with Gasteiger partial charge in [-0.05, 0) is 35.3 Å². The third-order valence-electron chi connectivity index (χ3n) is 2.83. The molecule has 1 aromatic heterocycles. The monoisotopic (exact) mass is 307 g/mol. The number of aliphatic hydroxyl groups excluding tert-OH is 2. The highest BCUT2D eigenvalue weighted by molar-refractivity contribution is 9.10. The smallest absolute Gasteiger partial charge is 0.0648 e. The predicted octanol–water partition coefficient (Wildman–Crippen LogP) is 2.04. The molecule has 0 aromatic carbocycles. The van der Waals surface area contributed by atoms with Gasteiger partial charge < -0.3 is 15.5 Å². The second-order valence-corrected chi connectivity index (χ2v) is 6.12. The Morgan fingerprint density at radius 3 is 2.44 bits per heavy atom. The number of aryl methyl sites for hydroxylation is 1. The van der Waals surface area contributed by atoms with Crippen molar-refractivity contribution < 1.29 is 10.2 Å². The van der Waals surface area contributed by atoms with Crippen molar-refractivity contribution in [3.8, 4) is 0 Å². The molecule has 0 saturated carbocycles. The lowest BCUT2D eigenvalue weighted by molar-refractivity contribution is 0.0866. The second-order valence-electron chi connectivity index (χ2n) is 3.92. The molecule has 0 amide bonds. The number of nitrogens with one attached hydrogen (secondary N) is 1. The van der Waals surface area contributed by atoms with E-state index in [4.69, 9.17) is 0 Å². The fraction of sp³-hybridized carbons (Fsp3) is 0.636. The van der Waals surface area contributed by atoms with Crippen molar-refractivity contribution >= 4 is 27.3 Å². The molecule has 0 aliphatic heterocycles. The van der Waals surface area contributed by atoms with Gasteiger partial charge in [0.05, 0.1) is 18.8 Å². The summed E-state index contributed by atoms with van der Waals surface area (Å²) in [7, 11) is 0. The molecular formula is C11H18BrNO2S. The largest absolute Gasteiger partial charge is 0.394 e. The first-order chi connectivity index (χ1) is 7.56. The van der Waals surface area contributed by atoms with Gasteiger partial charge in [-0.25, -0.2) is 0 Å². The van der Waals surface area contributed by atoms with Crippen LogP contribution in [0.2, 0.25) is 0 Å². The highest BCUT2D eigenvalue weighted by Crippen LogP contribution is 2.26. The minimum atomic E-state index is -0.565. The second kappa shape index (κ2) is 6.12. The van der Waals surface area contributed by atoms with Crippen LogP contribution >= 0.6 is 27.3 Å². The van der Waals surface area contributed by atoms with Crippen molar-refractivity contribution in [3.63, 3.8) is 0 Å². The topological polar surface area (TPSA) is 52.5 Å². The predicted molar refractivity (Wildman–Crippen MR) is 70.8 cm³/mol. The number of hydrogen-bond donors (Lipinski definition) is 3. The van der Waals surface area contributed by atoms with E-state index < -0.39 is 5.54 Å². The van der Waals surface area contributed by atoms with Gasteiger partial charge in [-0.2, -0.15) is 0 Å². The molecular weight excluding hydrogens is 290 g/mol. The van der Waals surface area contributed by atoms with E-state index in [9.17, 15) is 10.2 Å². The molecule has 0 fully saturated rings. The van der Waals surface area contributed by atoms with Crippen LogP contribution in [0.5, 0.6) is 0 Å². The Hall–Kier alpha value is 0.0600. The van der Waals surface area contributed by atoms with Crippen molar-refractivity contribution in [2.24, 2.45) is 0 Å². The van der Waals surface area contributed by atoms with E-state index in [0.29, 0.717) is 13.0 Å². The Morgan fingerprint density at radius 1 is 1.44 bits per heavy atom. The summed E-state index contributed by atoms with van der Waals surface area (Å²) in [6, 6.07) is 2.07. The third-order valence-corrected chi connectivity index (χ3v) is 4.96. The van der Waals surface area contributed by atoms with E-state index in [0.717, 1.165) is 4.47 Å². The summed E-state index contributed by atoms with van der Waals surface area (Å²) in [5, 5.41) is 21.8. The van der Waals surface area contributed by atoms with Crippen LogP contribution < -0.4 is 5.32 Å². The fourth-order valence-electron chi connectivity index (χ4n) is 1.39. The Labute approximate surface area is 109 Å². The molecule has 3 nitrogen and oxygen atoms in total. The minimum Gasteiger partial charge on any atom is -0.394 e. The molecule has 0 aliphatic carbocycles. The first-order valence-corrected chi connectivity index (χ1v) is 6.89. The summed E-state index contributed by atoms with van der Waals surface area (Å²) in [6.07, 6.45) is 0.700. The van der Waals surface area contributed by atoms with E-state index in [1.54, 1.807) is 11.3 Å². The summed E-state index contributed by atoms with van der Waals surface area (Å²) in [6.45, 7) is 4.58. The molecule has 0 aliphatic rings. The molecule has 0 bridgehead atoms. The van der Waals surface area contributed by atoms with Crippen LogP contribution in [0.25, 0.3) is 0 Å². The zero-order chi connectivity index (χ0) is 12.2. The molecule has 1 rings (SSSR count). The van der Waals surface area contributed by atoms with Crippen LogP contribution in [0, 0.1) is 6.92 Å². The van der Waals surface area contributed by atoms with Gasteiger partial charge in [-0.3, -0.25) is 0 Å². The molecule has 92 valence electrons. The van der Waals surface area contributed by atoms with Gasteiger partial charge >= 0.3 is 0 Å². The van der Waals surface area contributed by atoms with Crippen LogP contribution in [0.15, 0.2) is 10.5 Å². The number of hydrogen-bond acceptors (Lipinski definition) is 4. The fourth-order valence-corrected chi connectivity index (χ4v) is 2.93. The van der Waals surface area contributed by atoms with Gasteiger partial charge in [-0.1, -0.05) is 6.92 Å². The van der Waals surface area contributed by atoms with E-state index in [2.05, 4.69) is 34.2 Å². The standard InChI is InChI=1S/C11H18BrNO2S/c1-3-11(6-14,7-15)13-5-9-4-10(12)8(2)16-9/h4,13-15H,3,5-7H2,1-2H3. The maximum absolute atomic E-state index is 9.29. The Morgan fingerprint density at radius 2 is 2.06 bits per heavy atom. The number of aliphatic hydroxyl groups is 2. The Kier molecular flexibility index (Phi) is 5.40. The Bertz CT molecular complexity index is 309.